The first-order valence-corrected chi connectivity index (χ1v) is 6.62. The standard InChI is InChI=1S/C12H17N3O4/c16-11(17)4-3-10-13-12(14-19-10)9-6-15-5-1-2-8(15)7-18-9/h8-9H,1-7H2,(H,16,17). The number of carboxylic acids is 1. The number of ether oxygens (including phenoxy) is 1. The van der Waals surface area contributed by atoms with Crippen LogP contribution < -0.4 is 0 Å². The first-order chi connectivity index (χ1) is 9.22. The molecule has 2 atom stereocenters. The zero-order chi connectivity index (χ0) is 13.2. The summed E-state index contributed by atoms with van der Waals surface area (Å²) < 4.78 is 10.8. The molecule has 2 aliphatic heterocycles. The van der Waals surface area contributed by atoms with Crippen LogP contribution in [-0.4, -0.2) is 51.9 Å². The van der Waals surface area contributed by atoms with Gasteiger partial charge in [0.15, 0.2) is 0 Å². The first-order valence-electron chi connectivity index (χ1n) is 6.62. The van der Waals surface area contributed by atoms with E-state index in [9.17, 15) is 4.79 Å². The van der Waals surface area contributed by atoms with E-state index >= 15 is 0 Å². The Bertz CT molecular complexity index is 462. The fourth-order valence-corrected chi connectivity index (χ4v) is 2.69. The highest BCUT2D eigenvalue weighted by Gasteiger charge is 2.34. The van der Waals surface area contributed by atoms with E-state index in [1.807, 2.05) is 0 Å². The highest BCUT2D eigenvalue weighted by atomic mass is 16.5. The van der Waals surface area contributed by atoms with E-state index in [1.165, 1.54) is 12.8 Å². The Morgan fingerprint density at radius 3 is 3.26 bits per heavy atom. The number of carboxylic acid groups (broad SMARTS) is 1. The van der Waals surface area contributed by atoms with Gasteiger partial charge in [-0.3, -0.25) is 9.69 Å². The van der Waals surface area contributed by atoms with Gasteiger partial charge >= 0.3 is 5.97 Å². The number of aliphatic carboxylic acids is 1. The minimum Gasteiger partial charge on any atom is -0.481 e. The largest absolute Gasteiger partial charge is 0.481 e. The average molecular weight is 267 g/mol. The number of hydrogen-bond donors (Lipinski definition) is 1. The van der Waals surface area contributed by atoms with Gasteiger partial charge in [-0.05, 0) is 19.4 Å². The van der Waals surface area contributed by atoms with Crippen LogP contribution in [0.2, 0.25) is 0 Å². The maximum absolute atomic E-state index is 10.5. The second-order valence-corrected chi connectivity index (χ2v) is 5.05. The SMILES string of the molecule is O=C(O)CCc1nc(C2CN3CCCC3CO2)no1. The number of aryl methyl sites for hydroxylation is 1. The summed E-state index contributed by atoms with van der Waals surface area (Å²) in [5.41, 5.74) is 0. The molecule has 2 aliphatic rings. The van der Waals surface area contributed by atoms with Crippen molar-refractivity contribution in [3.05, 3.63) is 11.7 Å². The lowest BCUT2D eigenvalue weighted by atomic mass is 10.2. The number of carbonyl (C=O) groups is 1. The summed E-state index contributed by atoms with van der Waals surface area (Å²) in [6, 6.07) is 0.537. The molecule has 0 amide bonds. The van der Waals surface area contributed by atoms with Crippen molar-refractivity contribution in [3.63, 3.8) is 0 Å². The maximum Gasteiger partial charge on any atom is 0.303 e. The van der Waals surface area contributed by atoms with Gasteiger partial charge in [0.05, 0.1) is 13.0 Å². The minimum atomic E-state index is -0.867. The van der Waals surface area contributed by atoms with Gasteiger partial charge in [0.25, 0.3) is 0 Å². The van der Waals surface area contributed by atoms with E-state index in [-0.39, 0.29) is 18.9 Å². The molecule has 0 aliphatic carbocycles. The van der Waals surface area contributed by atoms with Crippen LogP contribution in [0.25, 0.3) is 0 Å². The number of fused-ring (bicyclic) bond motifs is 1. The number of rotatable bonds is 4. The normalized spacial score (nSPS) is 27.4. The van der Waals surface area contributed by atoms with Crippen molar-refractivity contribution < 1.29 is 19.2 Å². The third-order valence-electron chi connectivity index (χ3n) is 3.71. The summed E-state index contributed by atoms with van der Waals surface area (Å²) in [5.74, 6) is 0.0314. The highest BCUT2D eigenvalue weighted by Crippen LogP contribution is 2.28. The Labute approximate surface area is 110 Å². The van der Waals surface area contributed by atoms with Crippen LogP contribution in [0.5, 0.6) is 0 Å². The molecule has 7 heteroatoms. The number of nitrogens with zero attached hydrogens (tertiary/aromatic N) is 3. The van der Waals surface area contributed by atoms with E-state index < -0.39 is 5.97 Å². The Balaban J connectivity index is 1.61. The number of morpholine rings is 1. The summed E-state index contributed by atoms with van der Waals surface area (Å²) in [6.07, 6.45) is 2.53. The summed E-state index contributed by atoms with van der Waals surface area (Å²) >= 11 is 0. The first kappa shape index (κ1) is 12.6. The van der Waals surface area contributed by atoms with E-state index in [1.54, 1.807) is 0 Å². The zero-order valence-corrected chi connectivity index (χ0v) is 10.6. The molecule has 3 rings (SSSR count). The predicted molar refractivity (Wildman–Crippen MR) is 63.5 cm³/mol. The van der Waals surface area contributed by atoms with Crippen LogP contribution in [0, 0.1) is 0 Å². The van der Waals surface area contributed by atoms with Gasteiger partial charge in [0, 0.05) is 19.0 Å². The van der Waals surface area contributed by atoms with Gasteiger partial charge in [-0.15, -0.1) is 0 Å². The van der Waals surface area contributed by atoms with E-state index in [4.69, 9.17) is 14.4 Å². The summed E-state index contributed by atoms with van der Waals surface area (Å²) in [6.45, 7) is 2.61. The molecule has 2 saturated heterocycles. The molecule has 104 valence electrons. The molecule has 0 spiro atoms. The fourth-order valence-electron chi connectivity index (χ4n) is 2.69. The summed E-state index contributed by atoms with van der Waals surface area (Å²) in [7, 11) is 0. The smallest absolute Gasteiger partial charge is 0.303 e. The third kappa shape index (κ3) is 2.76. The Morgan fingerprint density at radius 1 is 1.53 bits per heavy atom. The average Bonchev–Trinajstić information content (AvgIpc) is 3.04. The van der Waals surface area contributed by atoms with Gasteiger partial charge in [-0.1, -0.05) is 5.16 Å². The zero-order valence-electron chi connectivity index (χ0n) is 10.6. The summed E-state index contributed by atoms with van der Waals surface area (Å²) in [4.78, 5) is 17.1. The molecule has 2 fully saturated rings. The van der Waals surface area contributed by atoms with Gasteiger partial charge in [0.2, 0.25) is 11.7 Å². The second-order valence-electron chi connectivity index (χ2n) is 5.05. The van der Waals surface area contributed by atoms with Gasteiger partial charge in [-0.25, -0.2) is 0 Å². The number of aromatic nitrogens is 2. The molecular weight excluding hydrogens is 250 g/mol. The number of hydrogen-bond acceptors (Lipinski definition) is 6. The molecule has 0 bridgehead atoms. The van der Waals surface area contributed by atoms with Crippen molar-refractivity contribution in [1.29, 1.82) is 0 Å². The predicted octanol–water partition coefficient (Wildman–Crippen LogP) is 0.622. The lowest BCUT2D eigenvalue weighted by Gasteiger charge is -2.33. The Hall–Kier alpha value is -1.47. The molecule has 1 aromatic heterocycles. The van der Waals surface area contributed by atoms with Crippen molar-refractivity contribution in [1.82, 2.24) is 15.0 Å². The van der Waals surface area contributed by atoms with Crippen LogP contribution in [0.1, 0.15) is 37.1 Å². The fraction of sp³-hybridized carbons (Fsp3) is 0.750. The molecular formula is C12H17N3O4. The molecule has 7 nitrogen and oxygen atoms in total. The lowest BCUT2D eigenvalue weighted by Crippen LogP contribution is -2.42. The lowest BCUT2D eigenvalue weighted by molar-refractivity contribution is -0.137. The highest BCUT2D eigenvalue weighted by molar-refractivity contribution is 5.66. The monoisotopic (exact) mass is 267 g/mol. The van der Waals surface area contributed by atoms with Crippen LogP contribution in [0.3, 0.4) is 0 Å². The molecule has 1 N–H and O–H groups in total. The van der Waals surface area contributed by atoms with Crippen molar-refractivity contribution >= 4 is 5.97 Å². The topological polar surface area (TPSA) is 88.7 Å². The molecule has 1 aromatic rings. The van der Waals surface area contributed by atoms with Crippen molar-refractivity contribution in [2.45, 2.75) is 37.8 Å². The van der Waals surface area contributed by atoms with Crippen molar-refractivity contribution in [2.75, 3.05) is 19.7 Å². The van der Waals surface area contributed by atoms with Crippen LogP contribution in [0.4, 0.5) is 0 Å². The molecule has 0 saturated carbocycles. The van der Waals surface area contributed by atoms with Crippen LogP contribution in [-0.2, 0) is 16.0 Å². The maximum atomic E-state index is 10.5. The Morgan fingerprint density at radius 2 is 2.42 bits per heavy atom. The van der Waals surface area contributed by atoms with E-state index in [2.05, 4.69) is 15.0 Å². The van der Waals surface area contributed by atoms with Gasteiger partial charge in [0.1, 0.15) is 6.10 Å². The van der Waals surface area contributed by atoms with E-state index in [0.717, 1.165) is 13.1 Å². The summed E-state index contributed by atoms with van der Waals surface area (Å²) in [5, 5.41) is 12.5. The van der Waals surface area contributed by atoms with Crippen LogP contribution >= 0.6 is 0 Å². The quantitative estimate of drug-likeness (QED) is 0.855. The van der Waals surface area contributed by atoms with Crippen LogP contribution in [0.15, 0.2) is 4.52 Å². The van der Waals surface area contributed by atoms with Crippen molar-refractivity contribution in [3.8, 4) is 0 Å². The molecule has 19 heavy (non-hydrogen) atoms. The van der Waals surface area contributed by atoms with Gasteiger partial charge in [-0.2, -0.15) is 4.98 Å². The minimum absolute atomic E-state index is 0.00135. The third-order valence-corrected chi connectivity index (χ3v) is 3.71. The van der Waals surface area contributed by atoms with Gasteiger partial charge < -0.3 is 14.4 Å². The molecule has 3 heterocycles. The molecule has 0 aromatic carbocycles. The molecule has 0 radical (unpaired) electrons. The van der Waals surface area contributed by atoms with E-state index in [0.29, 0.717) is 24.4 Å². The second kappa shape index (κ2) is 5.26. The van der Waals surface area contributed by atoms with Crippen molar-refractivity contribution in [2.24, 2.45) is 0 Å². The Kier molecular flexibility index (Phi) is 3.48. The molecule has 2 unspecified atom stereocenters.